The van der Waals surface area contributed by atoms with Crippen LogP contribution in [-0.2, 0) is 10.0 Å². The van der Waals surface area contributed by atoms with E-state index in [1.54, 1.807) is 20.0 Å². The number of nitrogens with zero attached hydrogens (tertiary/aromatic N) is 3. The van der Waals surface area contributed by atoms with Gasteiger partial charge in [-0.1, -0.05) is 5.16 Å². The molecule has 8 heteroatoms. The van der Waals surface area contributed by atoms with Crippen molar-refractivity contribution in [3.63, 3.8) is 0 Å². The first-order valence-electron chi connectivity index (χ1n) is 6.46. The van der Waals surface area contributed by atoms with Crippen LogP contribution in [0.15, 0.2) is 21.7 Å². The predicted octanol–water partition coefficient (Wildman–Crippen LogP) is 1.54. The first kappa shape index (κ1) is 13.3. The number of sulfonamides is 1. The van der Waals surface area contributed by atoms with Crippen LogP contribution in [0.25, 0.3) is 0 Å². The van der Waals surface area contributed by atoms with E-state index in [0.29, 0.717) is 18.0 Å². The number of hydrogen-bond donors (Lipinski definition) is 1. The van der Waals surface area contributed by atoms with Crippen molar-refractivity contribution in [1.29, 1.82) is 0 Å². The van der Waals surface area contributed by atoms with Crippen LogP contribution < -0.4 is 0 Å². The van der Waals surface area contributed by atoms with Gasteiger partial charge in [0.05, 0.1) is 11.7 Å². The fourth-order valence-electron chi connectivity index (χ4n) is 2.75. The van der Waals surface area contributed by atoms with E-state index in [1.165, 1.54) is 4.31 Å². The molecule has 1 fully saturated rings. The van der Waals surface area contributed by atoms with Crippen molar-refractivity contribution < 1.29 is 12.9 Å². The fraction of sp³-hybridized carbons (Fsp3) is 0.500. The Morgan fingerprint density at radius 3 is 2.85 bits per heavy atom. The molecule has 1 N–H and O–H groups in total. The third kappa shape index (κ3) is 1.95. The molecule has 0 amide bonds. The Bertz CT molecular complexity index is 686. The summed E-state index contributed by atoms with van der Waals surface area (Å²) >= 11 is 0. The molecule has 108 valence electrons. The van der Waals surface area contributed by atoms with Crippen molar-refractivity contribution in [1.82, 2.24) is 19.7 Å². The van der Waals surface area contributed by atoms with Crippen LogP contribution in [0.5, 0.6) is 0 Å². The van der Waals surface area contributed by atoms with Crippen LogP contribution in [-0.4, -0.2) is 34.6 Å². The van der Waals surface area contributed by atoms with Gasteiger partial charge in [-0.2, -0.15) is 9.40 Å². The quantitative estimate of drug-likeness (QED) is 0.927. The number of hydrogen-bond acceptors (Lipinski definition) is 5. The van der Waals surface area contributed by atoms with E-state index in [-0.39, 0.29) is 10.9 Å². The molecule has 3 rings (SSSR count). The first-order chi connectivity index (χ1) is 9.51. The summed E-state index contributed by atoms with van der Waals surface area (Å²) in [6.07, 6.45) is 3.24. The topological polar surface area (TPSA) is 92.1 Å². The molecule has 0 radical (unpaired) electrons. The highest BCUT2D eigenvalue weighted by Gasteiger charge is 2.39. The SMILES string of the molecule is Cc1noc(C)c1S(=O)(=O)N1CCCC1c1ccn[nH]1. The summed E-state index contributed by atoms with van der Waals surface area (Å²) < 4.78 is 32.2. The van der Waals surface area contributed by atoms with Gasteiger partial charge in [-0.15, -0.1) is 0 Å². The van der Waals surface area contributed by atoms with Crippen LogP contribution in [0.1, 0.15) is 36.0 Å². The number of aromatic nitrogens is 3. The second-order valence-corrected chi connectivity index (χ2v) is 6.77. The van der Waals surface area contributed by atoms with Crippen LogP contribution in [0.3, 0.4) is 0 Å². The number of aryl methyl sites for hydroxylation is 2. The van der Waals surface area contributed by atoms with E-state index < -0.39 is 10.0 Å². The summed E-state index contributed by atoms with van der Waals surface area (Å²) in [5.74, 6) is 0.331. The largest absolute Gasteiger partial charge is 0.360 e. The fourth-order valence-corrected chi connectivity index (χ4v) is 4.72. The van der Waals surface area contributed by atoms with Gasteiger partial charge in [0.25, 0.3) is 0 Å². The highest BCUT2D eigenvalue weighted by molar-refractivity contribution is 7.89. The van der Waals surface area contributed by atoms with Gasteiger partial charge in [0, 0.05) is 12.7 Å². The lowest BCUT2D eigenvalue weighted by molar-refractivity contribution is 0.381. The lowest BCUT2D eigenvalue weighted by Gasteiger charge is -2.22. The van der Waals surface area contributed by atoms with Crippen LogP contribution in [0.4, 0.5) is 0 Å². The van der Waals surface area contributed by atoms with E-state index in [9.17, 15) is 8.42 Å². The molecule has 0 bridgehead atoms. The Hall–Kier alpha value is -1.67. The zero-order valence-electron chi connectivity index (χ0n) is 11.3. The number of H-pyrrole nitrogens is 1. The normalized spacial score (nSPS) is 20.6. The van der Waals surface area contributed by atoms with Gasteiger partial charge < -0.3 is 4.52 Å². The average molecular weight is 296 g/mol. The van der Waals surface area contributed by atoms with Crippen molar-refractivity contribution in [2.45, 2.75) is 37.6 Å². The van der Waals surface area contributed by atoms with Gasteiger partial charge in [-0.3, -0.25) is 5.10 Å². The standard InChI is InChI=1S/C12H16N4O3S/c1-8-12(9(2)19-15-8)20(17,18)16-7-3-4-11(16)10-5-6-13-14-10/h5-6,11H,3-4,7H2,1-2H3,(H,13,14). The number of aromatic amines is 1. The van der Waals surface area contributed by atoms with Crippen LogP contribution in [0.2, 0.25) is 0 Å². The highest BCUT2D eigenvalue weighted by Crippen LogP contribution is 2.37. The molecule has 0 aliphatic carbocycles. The maximum Gasteiger partial charge on any atom is 0.249 e. The monoisotopic (exact) mass is 296 g/mol. The summed E-state index contributed by atoms with van der Waals surface area (Å²) in [6.45, 7) is 3.76. The predicted molar refractivity (Wildman–Crippen MR) is 70.4 cm³/mol. The molecule has 1 saturated heterocycles. The van der Waals surface area contributed by atoms with Gasteiger partial charge in [0.2, 0.25) is 10.0 Å². The maximum atomic E-state index is 12.8. The summed E-state index contributed by atoms with van der Waals surface area (Å²) in [4.78, 5) is 0.184. The lowest BCUT2D eigenvalue weighted by atomic mass is 10.2. The zero-order valence-corrected chi connectivity index (χ0v) is 12.1. The van der Waals surface area contributed by atoms with Gasteiger partial charge in [-0.05, 0) is 32.8 Å². The molecule has 0 saturated carbocycles. The van der Waals surface area contributed by atoms with Crippen molar-refractivity contribution >= 4 is 10.0 Å². The molecule has 1 aliphatic heterocycles. The average Bonchev–Trinajstić information content (AvgIpc) is 3.08. The molecule has 1 unspecified atom stereocenters. The molecule has 2 aromatic rings. The second kappa shape index (κ2) is 4.71. The third-order valence-corrected chi connectivity index (χ3v) is 5.77. The van der Waals surface area contributed by atoms with Crippen molar-refractivity contribution in [3.05, 3.63) is 29.4 Å². The second-order valence-electron chi connectivity index (χ2n) is 4.94. The minimum Gasteiger partial charge on any atom is -0.360 e. The Morgan fingerprint density at radius 2 is 2.25 bits per heavy atom. The summed E-state index contributed by atoms with van der Waals surface area (Å²) in [5, 5.41) is 10.5. The molecule has 2 aromatic heterocycles. The lowest BCUT2D eigenvalue weighted by Crippen LogP contribution is -2.31. The molecular weight excluding hydrogens is 280 g/mol. The third-order valence-electron chi connectivity index (χ3n) is 3.62. The molecule has 0 aromatic carbocycles. The maximum absolute atomic E-state index is 12.8. The van der Waals surface area contributed by atoms with Crippen molar-refractivity contribution in [3.8, 4) is 0 Å². The van der Waals surface area contributed by atoms with E-state index in [2.05, 4.69) is 15.4 Å². The molecule has 3 heterocycles. The number of rotatable bonds is 3. The zero-order chi connectivity index (χ0) is 14.3. The Morgan fingerprint density at radius 1 is 1.45 bits per heavy atom. The first-order valence-corrected chi connectivity index (χ1v) is 7.90. The summed E-state index contributed by atoms with van der Waals surface area (Å²) in [5.41, 5.74) is 1.22. The van der Waals surface area contributed by atoms with E-state index in [4.69, 9.17) is 4.52 Å². The minimum absolute atomic E-state index is 0.184. The highest BCUT2D eigenvalue weighted by atomic mass is 32.2. The molecule has 20 heavy (non-hydrogen) atoms. The van der Waals surface area contributed by atoms with E-state index in [0.717, 1.165) is 18.5 Å². The molecule has 1 atom stereocenters. The van der Waals surface area contributed by atoms with Crippen molar-refractivity contribution in [2.24, 2.45) is 0 Å². The molecule has 7 nitrogen and oxygen atoms in total. The molecular formula is C12H16N4O3S. The Balaban J connectivity index is 2.03. The van der Waals surface area contributed by atoms with Crippen LogP contribution in [0, 0.1) is 13.8 Å². The van der Waals surface area contributed by atoms with Gasteiger partial charge in [0.15, 0.2) is 5.76 Å². The summed E-state index contributed by atoms with van der Waals surface area (Å²) in [7, 11) is -3.60. The smallest absolute Gasteiger partial charge is 0.249 e. The number of nitrogens with one attached hydrogen (secondary N) is 1. The minimum atomic E-state index is -3.60. The van der Waals surface area contributed by atoms with Gasteiger partial charge >= 0.3 is 0 Å². The molecule has 0 spiro atoms. The van der Waals surface area contributed by atoms with Crippen molar-refractivity contribution in [2.75, 3.05) is 6.54 Å². The molecule has 1 aliphatic rings. The van der Waals surface area contributed by atoms with Crippen LogP contribution >= 0.6 is 0 Å². The van der Waals surface area contributed by atoms with Gasteiger partial charge in [-0.25, -0.2) is 8.42 Å². The summed E-state index contributed by atoms with van der Waals surface area (Å²) in [6, 6.07) is 1.61. The Labute approximate surface area is 117 Å². The van der Waals surface area contributed by atoms with Gasteiger partial charge in [0.1, 0.15) is 10.6 Å². The van der Waals surface area contributed by atoms with E-state index >= 15 is 0 Å². The van der Waals surface area contributed by atoms with E-state index in [1.807, 2.05) is 6.07 Å². The Kier molecular flexibility index (Phi) is 3.14.